The molecule has 10 nitrogen and oxygen atoms in total. The van der Waals surface area contributed by atoms with Gasteiger partial charge in [0, 0.05) is 11.1 Å². The molecule has 0 saturated heterocycles. The predicted octanol–water partition coefficient (Wildman–Crippen LogP) is -9.55. The van der Waals surface area contributed by atoms with Crippen LogP contribution in [0.25, 0.3) is 0 Å². The van der Waals surface area contributed by atoms with E-state index in [9.17, 15) is 9.59 Å². The van der Waals surface area contributed by atoms with Crippen LogP contribution in [0.2, 0.25) is 0 Å². The molecule has 0 aliphatic carbocycles. The monoisotopic (exact) mass is 336 g/mol. The first-order valence-corrected chi connectivity index (χ1v) is 4.56. The van der Waals surface area contributed by atoms with Gasteiger partial charge in [-0.3, -0.25) is 0 Å². The summed E-state index contributed by atoms with van der Waals surface area (Å²) in [6.07, 6.45) is 0. The van der Waals surface area contributed by atoms with Crippen molar-refractivity contribution in [3.8, 4) is 0 Å². The van der Waals surface area contributed by atoms with Crippen LogP contribution in [0, 0.1) is 0 Å². The van der Waals surface area contributed by atoms with Crippen molar-refractivity contribution in [2.24, 2.45) is 11.8 Å². The van der Waals surface area contributed by atoms with Gasteiger partial charge in [0.2, 0.25) is 0 Å². The summed E-state index contributed by atoms with van der Waals surface area (Å²) < 4.78 is 0. The van der Waals surface area contributed by atoms with Crippen LogP contribution in [-0.4, -0.2) is 23.9 Å². The zero-order valence-electron chi connectivity index (χ0n) is 12.8. The van der Waals surface area contributed by atoms with Crippen LogP contribution in [0.15, 0.2) is 24.3 Å². The van der Waals surface area contributed by atoms with Crippen LogP contribution in [0.1, 0.15) is 13.8 Å². The third-order valence-corrected chi connectivity index (χ3v) is 1.08. The number of carbonyl (C=O) groups excluding carboxylic acids is 4. The van der Waals surface area contributed by atoms with Gasteiger partial charge in [-0.2, -0.15) is 11.8 Å². The second kappa shape index (κ2) is 20.3. The minimum atomic E-state index is -2.19. The molecule has 0 amide bonds. The molecular weight excluding hydrogens is 322 g/mol. The van der Waals surface area contributed by atoms with Crippen LogP contribution in [0.4, 0.5) is 0 Å². The molecular formula is C10H14N2Na2O8. The summed E-state index contributed by atoms with van der Waals surface area (Å²) in [6, 6.07) is 0. The average molecular weight is 336 g/mol. The molecule has 0 aromatic rings. The van der Waals surface area contributed by atoms with E-state index in [0.717, 1.165) is 0 Å². The molecule has 0 fully saturated rings. The molecule has 0 aromatic carbocycles. The molecule has 0 unspecified atom stereocenters. The maximum atomic E-state index is 10.1. The van der Waals surface area contributed by atoms with Gasteiger partial charge in [-0.05, 0) is 13.8 Å². The topological polar surface area (TPSA) is 185 Å². The Morgan fingerprint density at radius 3 is 0.955 bits per heavy atom. The molecule has 0 aliphatic heterocycles. The number of nitrogens with two attached hydrogens (primary N) is 2. The molecule has 114 valence electrons. The van der Waals surface area contributed by atoms with Crippen LogP contribution < -0.4 is 81.1 Å². The number of carboxylic acids is 2. The van der Waals surface area contributed by atoms with Gasteiger partial charge in [0.15, 0.2) is 0 Å². The van der Waals surface area contributed by atoms with Crippen molar-refractivity contribution in [1.82, 2.24) is 0 Å². The molecule has 0 bridgehead atoms. The van der Waals surface area contributed by atoms with Crippen molar-refractivity contribution in [3.05, 3.63) is 24.3 Å². The standard InChI is InChI=1S/2C4H7NO2.C2H2O4.2Na/c2*1-3(2)4(6)7-5;3-1(4)2(5)6;;/h2*1,5H2,2H3;(H,3,4)(H,5,6);;/q;;;2*+1/p-2. The van der Waals surface area contributed by atoms with E-state index in [4.69, 9.17) is 19.8 Å². The second-order valence-electron chi connectivity index (χ2n) is 2.95. The van der Waals surface area contributed by atoms with Gasteiger partial charge >= 0.3 is 71.1 Å². The fraction of sp³-hybridized carbons (Fsp3) is 0.200. The fourth-order valence-corrected chi connectivity index (χ4v) is 0.201. The zero-order valence-corrected chi connectivity index (χ0v) is 16.8. The van der Waals surface area contributed by atoms with Crippen molar-refractivity contribution in [3.63, 3.8) is 0 Å². The SMILES string of the molecule is C=C(C)C(=O)ON.C=C(C)C(=O)ON.O=C([O-])C(=O)[O-].[Na+].[Na+]. The van der Waals surface area contributed by atoms with Crippen molar-refractivity contribution in [1.29, 1.82) is 0 Å². The Hall–Kier alpha value is -0.720. The first-order valence-electron chi connectivity index (χ1n) is 4.56. The van der Waals surface area contributed by atoms with Gasteiger partial charge in [0.05, 0.1) is 11.9 Å². The third kappa shape index (κ3) is 27.6. The molecule has 12 heteroatoms. The maximum Gasteiger partial charge on any atom is 1.00 e. The van der Waals surface area contributed by atoms with Crippen molar-refractivity contribution < 1.29 is 98.2 Å². The Kier molecular flexibility index (Phi) is 30.4. The molecule has 0 heterocycles. The molecule has 0 saturated carbocycles. The molecule has 4 N–H and O–H groups in total. The van der Waals surface area contributed by atoms with Gasteiger partial charge in [0.25, 0.3) is 0 Å². The van der Waals surface area contributed by atoms with Gasteiger partial charge in [-0.1, -0.05) is 13.2 Å². The third-order valence-electron chi connectivity index (χ3n) is 1.08. The Balaban J connectivity index is -0.0000000630. The number of carboxylic acid groups (broad SMARTS) is 2. The Bertz CT molecular complexity index is 374. The minimum absolute atomic E-state index is 0. The Morgan fingerprint density at radius 1 is 0.773 bits per heavy atom. The van der Waals surface area contributed by atoms with Gasteiger partial charge in [0.1, 0.15) is 0 Å². The fourth-order valence-electron chi connectivity index (χ4n) is 0.201. The molecule has 0 radical (unpaired) electrons. The second-order valence-corrected chi connectivity index (χ2v) is 2.95. The van der Waals surface area contributed by atoms with E-state index >= 15 is 0 Å². The van der Waals surface area contributed by atoms with Crippen LogP contribution in [0.3, 0.4) is 0 Å². The molecule has 0 spiro atoms. The summed E-state index contributed by atoms with van der Waals surface area (Å²) >= 11 is 0. The Labute approximate surface area is 171 Å². The number of hydrogen-bond acceptors (Lipinski definition) is 10. The number of rotatable bonds is 2. The quantitative estimate of drug-likeness (QED) is 0.212. The van der Waals surface area contributed by atoms with E-state index in [1.807, 2.05) is 0 Å². The summed E-state index contributed by atoms with van der Waals surface area (Å²) in [5.41, 5.74) is 0.616. The van der Waals surface area contributed by atoms with E-state index < -0.39 is 23.9 Å². The minimum Gasteiger partial charge on any atom is -0.543 e. The van der Waals surface area contributed by atoms with Crippen LogP contribution in [0.5, 0.6) is 0 Å². The van der Waals surface area contributed by atoms with Gasteiger partial charge in [-0.25, -0.2) is 9.59 Å². The number of aliphatic carboxylic acids is 2. The molecule has 0 atom stereocenters. The predicted molar refractivity (Wildman–Crippen MR) is 60.2 cm³/mol. The largest absolute Gasteiger partial charge is 1.00 e. The zero-order chi connectivity index (χ0) is 16.9. The number of carbonyl (C=O) groups is 4. The van der Waals surface area contributed by atoms with Crippen molar-refractivity contribution >= 4 is 23.9 Å². The summed E-state index contributed by atoms with van der Waals surface area (Å²) in [5, 5.41) is 17.9. The van der Waals surface area contributed by atoms with Crippen molar-refractivity contribution in [2.75, 3.05) is 0 Å². The summed E-state index contributed by atoms with van der Waals surface area (Å²) in [5.74, 6) is 3.42. The van der Waals surface area contributed by atoms with Gasteiger partial charge in [-0.15, -0.1) is 0 Å². The van der Waals surface area contributed by atoms with E-state index in [1.54, 1.807) is 0 Å². The first-order chi connectivity index (χ1) is 9.00. The van der Waals surface area contributed by atoms with Crippen LogP contribution >= 0.6 is 0 Å². The molecule has 22 heavy (non-hydrogen) atoms. The summed E-state index contributed by atoms with van der Waals surface area (Å²) in [7, 11) is 0. The smallest absolute Gasteiger partial charge is 0.543 e. The maximum absolute atomic E-state index is 10.1. The summed E-state index contributed by atoms with van der Waals surface area (Å²) in [6.45, 7) is 9.59. The van der Waals surface area contributed by atoms with E-state index in [0.29, 0.717) is 11.1 Å². The first kappa shape index (κ1) is 33.0. The number of hydrogen-bond donors (Lipinski definition) is 2. The van der Waals surface area contributed by atoms with Gasteiger partial charge < -0.3 is 29.5 Å². The normalized spacial score (nSPS) is 6.91. The molecule has 0 aliphatic rings. The molecule has 0 aromatic heterocycles. The van der Waals surface area contributed by atoms with E-state index in [2.05, 4.69) is 34.6 Å². The van der Waals surface area contributed by atoms with E-state index in [1.165, 1.54) is 13.8 Å². The van der Waals surface area contributed by atoms with E-state index in [-0.39, 0.29) is 59.1 Å². The average Bonchev–Trinajstić information content (AvgIpc) is 2.37. The van der Waals surface area contributed by atoms with Crippen LogP contribution in [-0.2, 0) is 28.9 Å². The van der Waals surface area contributed by atoms with Crippen molar-refractivity contribution in [2.45, 2.75) is 13.8 Å². The summed E-state index contributed by atoms with van der Waals surface area (Å²) in [4.78, 5) is 45.5. The Morgan fingerprint density at radius 2 is 0.955 bits per heavy atom. The molecule has 0 rings (SSSR count).